The van der Waals surface area contributed by atoms with Crippen LogP contribution < -0.4 is 0 Å². The fourth-order valence-electron chi connectivity index (χ4n) is 2.78. The zero-order valence-electron chi connectivity index (χ0n) is 17.9. The molecule has 0 amide bonds. The van der Waals surface area contributed by atoms with E-state index in [1.165, 1.54) is 0 Å². The molecule has 0 bridgehead atoms. The van der Waals surface area contributed by atoms with Crippen molar-refractivity contribution in [3.8, 4) is 0 Å². The average Bonchev–Trinajstić information content (AvgIpc) is 2.66. The van der Waals surface area contributed by atoms with Crippen LogP contribution in [0.5, 0.6) is 0 Å². The minimum absolute atomic E-state index is 0.609. The molecule has 35 heavy (non-hydrogen) atoms. The van der Waals surface area contributed by atoms with Crippen LogP contribution in [-0.4, -0.2) is 108 Å². The number of ether oxygens (including phenoxy) is 2. The number of esters is 2. The smallest absolute Gasteiger partial charge is 0.462 e. The second-order valence-corrected chi connectivity index (χ2v) is 10.8. The van der Waals surface area contributed by atoms with E-state index in [-0.39, 0.29) is 0 Å². The molecule has 8 atom stereocenters. The topological polar surface area (TPSA) is 303 Å². The quantitative estimate of drug-likeness (QED) is 0.0847. The first kappa shape index (κ1) is 32.2. The molecule has 1 saturated carbocycles. The van der Waals surface area contributed by atoms with E-state index in [1.807, 2.05) is 0 Å². The maximum atomic E-state index is 12.3. The van der Waals surface area contributed by atoms with Gasteiger partial charge in [0.1, 0.15) is 43.2 Å². The highest BCUT2D eigenvalue weighted by Gasteiger charge is 2.56. The van der Waals surface area contributed by atoms with E-state index < -0.39 is 91.3 Å². The number of carbonyl (C=O) groups excluding carboxylic acids is 2. The summed E-state index contributed by atoms with van der Waals surface area (Å²) < 4.78 is 61.5. The molecular weight excluding hydrogens is 553 g/mol. The molecule has 0 heterocycles. The second kappa shape index (κ2) is 12.6. The molecule has 0 aromatic rings. The summed E-state index contributed by atoms with van der Waals surface area (Å²) in [5.41, 5.74) is 0. The number of phosphoric ester groups is 3. The first-order valence-corrected chi connectivity index (χ1v) is 13.8. The van der Waals surface area contributed by atoms with Gasteiger partial charge in [-0.2, -0.15) is 0 Å². The van der Waals surface area contributed by atoms with E-state index in [0.29, 0.717) is 0 Å². The standard InChI is InChI=1S/C13H25O19P3/c1-5(14)27-3-7(29-6(2)15)4-28-35(25,26)32-11-8(16)9(17)12(30-33(19,20)21)13(10(11)18)31-34(22,23)24/h7-13,16-18H,3-4H2,1-2H3,(H,25,26)(H2,19,20,21)(H2,22,23,24)/t7-,8-,9+,10+,11-,12-,13-/m1/s1. The van der Waals surface area contributed by atoms with Gasteiger partial charge in [0.05, 0.1) is 6.61 Å². The van der Waals surface area contributed by atoms with E-state index in [1.54, 1.807) is 0 Å². The van der Waals surface area contributed by atoms with Crippen molar-refractivity contribution in [2.75, 3.05) is 13.2 Å². The minimum Gasteiger partial charge on any atom is -0.462 e. The molecule has 8 N–H and O–H groups in total. The van der Waals surface area contributed by atoms with Crippen LogP contribution in [0.2, 0.25) is 0 Å². The van der Waals surface area contributed by atoms with E-state index >= 15 is 0 Å². The number of phosphoric acid groups is 3. The lowest BCUT2D eigenvalue weighted by Crippen LogP contribution is -2.65. The van der Waals surface area contributed by atoms with Gasteiger partial charge < -0.3 is 49.3 Å². The van der Waals surface area contributed by atoms with E-state index in [4.69, 9.17) is 24.3 Å². The van der Waals surface area contributed by atoms with Crippen LogP contribution in [0.4, 0.5) is 0 Å². The van der Waals surface area contributed by atoms with E-state index in [2.05, 4.69) is 22.8 Å². The molecule has 0 saturated heterocycles. The predicted octanol–water partition coefficient (Wildman–Crippen LogP) is -2.96. The Morgan fingerprint density at radius 2 is 1.17 bits per heavy atom. The van der Waals surface area contributed by atoms with Gasteiger partial charge in [0, 0.05) is 13.8 Å². The monoisotopic (exact) mass is 578 g/mol. The normalized spacial score (nSPS) is 30.2. The van der Waals surface area contributed by atoms with Crippen molar-refractivity contribution in [2.45, 2.75) is 56.6 Å². The summed E-state index contributed by atoms with van der Waals surface area (Å²) in [5.74, 6) is -1.69. The first-order chi connectivity index (χ1) is 15.7. The summed E-state index contributed by atoms with van der Waals surface area (Å²) in [4.78, 5) is 67.9. The fourth-order valence-corrected chi connectivity index (χ4v) is 4.87. The van der Waals surface area contributed by atoms with Gasteiger partial charge in [0.15, 0.2) is 6.10 Å². The Bertz CT molecular complexity index is 881. The van der Waals surface area contributed by atoms with Crippen molar-refractivity contribution < 1.29 is 90.6 Å². The first-order valence-electron chi connectivity index (χ1n) is 9.21. The number of carbonyl (C=O) groups is 2. The molecular formula is C13H25O19P3. The van der Waals surface area contributed by atoms with Gasteiger partial charge in [-0.3, -0.25) is 27.7 Å². The molecule has 0 aromatic carbocycles. The van der Waals surface area contributed by atoms with Crippen LogP contribution in [0.15, 0.2) is 0 Å². The molecule has 206 valence electrons. The maximum Gasteiger partial charge on any atom is 0.472 e. The lowest BCUT2D eigenvalue weighted by atomic mass is 9.85. The van der Waals surface area contributed by atoms with Gasteiger partial charge >= 0.3 is 35.4 Å². The Morgan fingerprint density at radius 1 is 0.714 bits per heavy atom. The highest BCUT2D eigenvalue weighted by atomic mass is 31.2. The van der Waals surface area contributed by atoms with Crippen LogP contribution in [0.1, 0.15) is 13.8 Å². The molecule has 1 aliphatic rings. The molecule has 0 radical (unpaired) electrons. The maximum absolute atomic E-state index is 12.3. The Balaban J connectivity index is 3.08. The Hall–Kier alpha value is -0.850. The average molecular weight is 578 g/mol. The molecule has 1 fully saturated rings. The fraction of sp³-hybridized carbons (Fsp3) is 0.846. The number of aliphatic hydroxyl groups excluding tert-OH is 3. The Kier molecular flexibility index (Phi) is 11.6. The summed E-state index contributed by atoms with van der Waals surface area (Å²) >= 11 is 0. The zero-order valence-corrected chi connectivity index (χ0v) is 20.5. The predicted molar refractivity (Wildman–Crippen MR) is 105 cm³/mol. The van der Waals surface area contributed by atoms with Crippen molar-refractivity contribution in [2.24, 2.45) is 0 Å². The third-order valence-corrected chi connectivity index (χ3v) is 6.04. The molecule has 0 aromatic heterocycles. The van der Waals surface area contributed by atoms with Gasteiger partial charge in [-0.05, 0) is 0 Å². The van der Waals surface area contributed by atoms with Gasteiger partial charge in [-0.1, -0.05) is 0 Å². The Labute approximate surface area is 196 Å². The van der Waals surface area contributed by atoms with Gasteiger partial charge in [-0.25, -0.2) is 13.7 Å². The van der Waals surface area contributed by atoms with Crippen LogP contribution >= 0.6 is 23.5 Å². The largest absolute Gasteiger partial charge is 0.472 e. The molecule has 1 unspecified atom stereocenters. The molecule has 0 aliphatic heterocycles. The minimum atomic E-state index is -5.55. The van der Waals surface area contributed by atoms with Crippen LogP contribution in [0.25, 0.3) is 0 Å². The van der Waals surface area contributed by atoms with Crippen LogP contribution in [-0.2, 0) is 50.9 Å². The number of aliphatic hydroxyl groups is 3. The van der Waals surface area contributed by atoms with Crippen molar-refractivity contribution in [1.82, 2.24) is 0 Å². The Morgan fingerprint density at radius 3 is 1.60 bits per heavy atom. The lowest BCUT2D eigenvalue weighted by Gasteiger charge is -2.44. The van der Waals surface area contributed by atoms with Crippen LogP contribution in [0.3, 0.4) is 0 Å². The van der Waals surface area contributed by atoms with Gasteiger partial charge in [-0.15, -0.1) is 0 Å². The third-order valence-electron chi connectivity index (χ3n) is 4.02. The lowest BCUT2D eigenvalue weighted by molar-refractivity contribution is -0.213. The van der Waals surface area contributed by atoms with Crippen LogP contribution in [0, 0.1) is 0 Å². The number of rotatable bonds is 12. The van der Waals surface area contributed by atoms with Crippen molar-refractivity contribution in [3.63, 3.8) is 0 Å². The molecule has 0 spiro atoms. The summed E-state index contributed by atoms with van der Waals surface area (Å²) in [6.45, 7) is 0.433. The second-order valence-electron chi connectivity index (χ2n) is 6.96. The zero-order chi connectivity index (χ0) is 27.4. The summed E-state index contributed by atoms with van der Waals surface area (Å²) in [5, 5.41) is 30.6. The highest BCUT2D eigenvalue weighted by Crippen LogP contribution is 2.51. The number of hydrogen-bond donors (Lipinski definition) is 8. The van der Waals surface area contributed by atoms with E-state index in [9.17, 15) is 43.5 Å². The molecule has 19 nitrogen and oxygen atoms in total. The van der Waals surface area contributed by atoms with Gasteiger partial charge in [0.2, 0.25) is 0 Å². The van der Waals surface area contributed by atoms with Gasteiger partial charge in [0.25, 0.3) is 0 Å². The van der Waals surface area contributed by atoms with E-state index in [0.717, 1.165) is 13.8 Å². The SMILES string of the molecule is CC(=O)OC[C@H](COP(=O)(O)O[C@@H]1[C@H](O)[C@H](O)[C@@H](OP(=O)(O)O)[C@H](OP(=O)(O)O)[C@H]1O)OC(C)=O. The molecule has 1 aliphatic carbocycles. The summed E-state index contributed by atoms with van der Waals surface area (Å²) in [6, 6.07) is 0. The van der Waals surface area contributed by atoms with Crippen molar-refractivity contribution in [3.05, 3.63) is 0 Å². The van der Waals surface area contributed by atoms with Crippen molar-refractivity contribution in [1.29, 1.82) is 0 Å². The summed E-state index contributed by atoms with van der Waals surface area (Å²) in [6.07, 6.45) is -16.3. The third kappa shape index (κ3) is 11.4. The van der Waals surface area contributed by atoms with Crippen molar-refractivity contribution >= 4 is 35.4 Å². The highest BCUT2D eigenvalue weighted by molar-refractivity contribution is 7.47. The molecule has 22 heteroatoms. The molecule has 1 rings (SSSR count). The number of hydrogen-bond acceptors (Lipinski definition) is 14. The summed E-state index contributed by atoms with van der Waals surface area (Å²) in [7, 11) is -16.4.